The molecule has 22 heavy (non-hydrogen) atoms. The summed E-state index contributed by atoms with van der Waals surface area (Å²) < 4.78 is 1.31. The van der Waals surface area contributed by atoms with Crippen LogP contribution in [0.1, 0.15) is 38.1 Å². The van der Waals surface area contributed by atoms with Gasteiger partial charge in [0.2, 0.25) is 5.91 Å². The highest BCUT2D eigenvalue weighted by Gasteiger charge is 2.23. The highest BCUT2D eigenvalue weighted by molar-refractivity contribution is 5.75. The predicted octanol–water partition coefficient (Wildman–Crippen LogP) is 1.32. The van der Waals surface area contributed by atoms with Crippen molar-refractivity contribution in [1.29, 1.82) is 0 Å². The minimum atomic E-state index is -0.589. The number of rotatable bonds is 8. The first-order valence-electron chi connectivity index (χ1n) is 7.44. The molecule has 1 unspecified atom stereocenters. The van der Waals surface area contributed by atoms with Crippen LogP contribution in [0.25, 0.3) is 0 Å². The zero-order chi connectivity index (χ0) is 16.9. The van der Waals surface area contributed by atoms with Crippen molar-refractivity contribution in [3.8, 4) is 0 Å². The SMILES string of the molecule is CCC(CC)C(O)CNC(=O)Cn1nc(C)c([N+](=O)[O-])c1C. The van der Waals surface area contributed by atoms with Crippen molar-refractivity contribution >= 4 is 11.6 Å². The molecule has 2 N–H and O–H groups in total. The molecule has 0 aliphatic rings. The molecule has 1 rings (SSSR count). The van der Waals surface area contributed by atoms with Crippen molar-refractivity contribution in [2.45, 2.75) is 53.2 Å². The number of aliphatic hydroxyl groups is 1. The molecule has 1 heterocycles. The van der Waals surface area contributed by atoms with E-state index < -0.39 is 11.0 Å². The van der Waals surface area contributed by atoms with E-state index in [0.717, 1.165) is 12.8 Å². The molecule has 0 fully saturated rings. The van der Waals surface area contributed by atoms with Gasteiger partial charge in [-0.05, 0) is 19.8 Å². The van der Waals surface area contributed by atoms with Crippen molar-refractivity contribution in [3.63, 3.8) is 0 Å². The molecular formula is C14H24N4O4. The molecule has 0 saturated heterocycles. The van der Waals surface area contributed by atoms with Gasteiger partial charge in [0.05, 0.1) is 11.0 Å². The Hall–Kier alpha value is -1.96. The Kier molecular flexibility index (Phi) is 6.48. The van der Waals surface area contributed by atoms with Crippen LogP contribution in [0.5, 0.6) is 0 Å². The van der Waals surface area contributed by atoms with Gasteiger partial charge in [-0.15, -0.1) is 0 Å². The van der Waals surface area contributed by atoms with E-state index in [9.17, 15) is 20.0 Å². The molecule has 8 heteroatoms. The molecule has 0 radical (unpaired) electrons. The zero-order valence-electron chi connectivity index (χ0n) is 13.5. The molecule has 0 bridgehead atoms. The van der Waals surface area contributed by atoms with Gasteiger partial charge in [0.25, 0.3) is 0 Å². The molecule has 0 aromatic carbocycles. The summed E-state index contributed by atoms with van der Waals surface area (Å²) in [6, 6.07) is 0. The van der Waals surface area contributed by atoms with Crippen molar-refractivity contribution in [3.05, 3.63) is 21.5 Å². The molecule has 124 valence electrons. The number of nitrogens with zero attached hydrogens (tertiary/aromatic N) is 3. The maximum Gasteiger partial charge on any atom is 0.312 e. The van der Waals surface area contributed by atoms with Gasteiger partial charge in [0, 0.05) is 6.54 Å². The lowest BCUT2D eigenvalue weighted by molar-refractivity contribution is -0.386. The summed E-state index contributed by atoms with van der Waals surface area (Å²) in [5.41, 5.74) is 0.565. The standard InChI is InChI=1S/C14H24N4O4/c1-5-11(6-2)12(19)7-15-13(20)8-17-10(4)14(18(21)22)9(3)16-17/h11-12,19H,5-8H2,1-4H3,(H,15,20). The number of nitro groups is 1. The Morgan fingerprint density at radius 2 is 2.00 bits per heavy atom. The maximum absolute atomic E-state index is 11.9. The topological polar surface area (TPSA) is 110 Å². The number of hydrogen-bond donors (Lipinski definition) is 2. The first-order valence-corrected chi connectivity index (χ1v) is 7.44. The number of aryl methyl sites for hydroxylation is 1. The summed E-state index contributed by atoms with van der Waals surface area (Å²) in [5, 5.41) is 27.6. The van der Waals surface area contributed by atoms with Crippen LogP contribution in [0, 0.1) is 29.9 Å². The summed E-state index contributed by atoms with van der Waals surface area (Å²) >= 11 is 0. The van der Waals surface area contributed by atoms with Crippen LogP contribution in [-0.2, 0) is 11.3 Å². The third-order valence-corrected chi connectivity index (χ3v) is 3.92. The Morgan fingerprint density at radius 1 is 1.41 bits per heavy atom. The summed E-state index contributed by atoms with van der Waals surface area (Å²) in [5.74, 6) is -0.180. The normalized spacial score (nSPS) is 12.5. The average molecular weight is 312 g/mol. The summed E-state index contributed by atoms with van der Waals surface area (Å²) in [6.07, 6.45) is 1.10. The van der Waals surface area contributed by atoms with Crippen LogP contribution in [0.15, 0.2) is 0 Å². The Labute approximate surface area is 129 Å². The summed E-state index contributed by atoms with van der Waals surface area (Å²) in [6.45, 7) is 7.16. The van der Waals surface area contributed by atoms with Gasteiger partial charge in [-0.1, -0.05) is 26.7 Å². The van der Waals surface area contributed by atoms with E-state index in [2.05, 4.69) is 10.4 Å². The second-order valence-electron chi connectivity index (χ2n) is 5.38. The summed E-state index contributed by atoms with van der Waals surface area (Å²) in [7, 11) is 0. The fourth-order valence-corrected chi connectivity index (χ4v) is 2.52. The van der Waals surface area contributed by atoms with Crippen LogP contribution in [0.4, 0.5) is 5.69 Å². The van der Waals surface area contributed by atoms with E-state index >= 15 is 0 Å². The number of hydrogen-bond acceptors (Lipinski definition) is 5. The highest BCUT2D eigenvalue weighted by atomic mass is 16.6. The fraction of sp³-hybridized carbons (Fsp3) is 0.714. The van der Waals surface area contributed by atoms with Crippen molar-refractivity contribution in [1.82, 2.24) is 15.1 Å². The largest absolute Gasteiger partial charge is 0.391 e. The molecule has 0 aliphatic heterocycles. The number of amides is 1. The Bertz CT molecular complexity index is 537. The van der Waals surface area contributed by atoms with E-state index in [1.807, 2.05) is 13.8 Å². The molecule has 1 amide bonds. The lowest BCUT2D eigenvalue weighted by Crippen LogP contribution is -2.37. The number of carbonyl (C=O) groups is 1. The highest BCUT2D eigenvalue weighted by Crippen LogP contribution is 2.21. The van der Waals surface area contributed by atoms with Crippen molar-refractivity contribution in [2.24, 2.45) is 5.92 Å². The van der Waals surface area contributed by atoms with Gasteiger partial charge < -0.3 is 10.4 Å². The second-order valence-corrected chi connectivity index (χ2v) is 5.38. The fourth-order valence-electron chi connectivity index (χ4n) is 2.52. The lowest BCUT2D eigenvalue weighted by Gasteiger charge is -2.20. The van der Waals surface area contributed by atoms with Crippen LogP contribution >= 0.6 is 0 Å². The Morgan fingerprint density at radius 3 is 2.45 bits per heavy atom. The van der Waals surface area contributed by atoms with Gasteiger partial charge in [-0.3, -0.25) is 19.6 Å². The molecule has 0 spiro atoms. The van der Waals surface area contributed by atoms with E-state index in [1.54, 1.807) is 6.92 Å². The van der Waals surface area contributed by atoms with Crippen LogP contribution < -0.4 is 5.32 Å². The third kappa shape index (κ3) is 4.27. The van der Waals surface area contributed by atoms with Gasteiger partial charge in [-0.25, -0.2) is 0 Å². The van der Waals surface area contributed by atoms with E-state index in [0.29, 0.717) is 5.69 Å². The maximum atomic E-state index is 11.9. The number of nitrogens with one attached hydrogen (secondary N) is 1. The average Bonchev–Trinajstić information content (AvgIpc) is 2.72. The van der Waals surface area contributed by atoms with E-state index in [-0.39, 0.29) is 36.3 Å². The molecule has 1 aromatic heterocycles. The molecule has 0 aliphatic carbocycles. The van der Waals surface area contributed by atoms with Crippen LogP contribution in [0.3, 0.4) is 0 Å². The minimum absolute atomic E-state index is 0.0649. The molecule has 0 saturated carbocycles. The van der Waals surface area contributed by atoms with Gasteiger partial charge in [0.1, 0.15) is 17.9 Å². The molecule has 8 nitrogen and oxygen atoms in total. The van der Waals surface area contributed by atoms with Crippen LogP contribution in [-0.4, -0.2) is 38.4 Å². The summed E-state index contributed by atoms with van der Waals surface area (Å²) in [4.78, 5) is 22.3. The Balaban J connectivity index is 2.63. The van der Waals surface area contributed by atoms with E-state index in [1.165, 1.54) is 11.6 Å². The van der Waals surface area contributed by atoms with Crippen molar-refractivity contribution in [2.75, 3.05) is 6.54 Å². The smallest absolute Gasteiger partial charge is 0.312 e. The molecule has 1 aromatic rings. The first-order chi connectivity index (χ1) is 10.3. The van der Waals surface area contributed by atoms with E-state index in [4.69, 9.17) is 0 Å². The number of carbonyl (C=O) groups excluding carboxylic acids is 1. The minimum Gasteiger partial charge on any atom is -0.391 e. The first kappa shape index (κ1) is 18.1. The quantitative estimate of drug-likeness (QED) is 0.555. The molecular weight excluding hydrogens is 288 g/mol. The number of aliphatic hydroxyl groups excluding tert-OH is 1. The second kappa shape index (κ2) is 7.88. The van der Waals surface area contributed by atoms with Gasteiger partial charge >= 0.3 is 5.69 Å². The van der Waals surface area contributed by atoms with Gasteiger partial charge in [-0.2, -0.15) is 5.10 Å². The van der Waals surface area contributed by atoms with Gasteiger partial charge in [0.15, 0.2) is 0 Å². The van der Waals surface area contributed by atoms with Crippen LogP contribution in [0.2, 0.25) is 0 Å². The third-order valence-electron chi connectivity index (χ3n) is 3.92. The monoisotopic (exact) mass is 312 g/mol. The zero-order valence-corrected chi connectivity index (χ0v) is 13.5. The lowest BCUT2D eigenvalue weighted by atomic mass is 9.96. The predicted molar refractivity (Wildman–Crippen MR) is 81.4 cm³/mol. The molecule has 1 atom stereocenters. The number of aromatic nitrogens is 2. The van der Waals surface area contributed by atoms with Crippen molar-refractivity contribution < 1.29 is 14.8 Å².